The van der Waals surface area contributed by atoms with Crippen LogP contribution in [-0.2, 0) is 11.2 Å². The number of nitrogens with one attached hydrogen (secondary N) is 1. The molecule has 1 atom stereocenters. The van der Waals surface area contributed by atoms with Gasteiger partial charge in [0.2, 0.25) is 0 Å². The summed E-state index contributed by atoms with van der Waals surface area (Å²) in [6.45, 7) is 3.11. The quantitative estimate of drug-likeness (QED) is 0.780. The van der Waals surface area contributed by atoms with Crippen molar-refractivity contribution in [1.29, 1.82) is 5.26 Å². The van der Waals surface area contributed by atoms with Gasteiger partial charge >= 0.3 is 0 Å². The lowest BCUT2D eigenvalue weighted by Gasteiger charge is -2.20. The Labute approximate surface area is 115 Å². The SMILES string of the molecule is CNC(C)(C#N)CCOc1ccc(CCOC)cc1. The van der Waals surface area contributed by atoms with Gasteiger partial charge in [-0.2, -0.15) is 5.26 Å². The van der Waals surface area contributed by atoms with Crippen LogP contribution in [0.1, 0.15) is 18.9 Å². The molecule has 1 rings (SSSR count). The molecule has 19 heavy (non-hydrogen) atoms. The van der Waals surface area contributed by atoms with Crippen molar-refractivity contribution in [3.05, 3.63) is 29.8 Å². The van der Waals surface area contributed by atoms with E-state index in [1.165, 1.54) is 5.56 Å². The molecule has 0 saturated carbocycles. The van der Waals surface area contributed by atoms with Crippen molar-refractivity contribution >= 4 is 0 Å². The van der Waals surface area contributed by atoms with E-state index in [0.717, 1.165) is 18.8 Å². The summed E-state index contributed by atoms with van der Waals surface area (Å²) < 4.78 is 10.7. The summed E-state index contributed by atoms with van der Waals surface area (Å²) in [7, 11) is 3.49. The summed E-state index contributed by atoms with van der Waals surface area (Å²) in [5.41, 5.74) is 0.699. The van der Waals surface area contributed by atoms with Gasteiger partial charge in [0.1, 0.15) is 11.3 Å². The van der Waals surface area contributed by atoms with Crippen molar-refractivity contribution in [2.75, 3.05) is 27.4 Å². The Morgan fingerprint density at radius 3 is 2.47 bits per heavy atom. The van der Waals surface area contributed by atoms with Crippen LogP contribution >= 0.6 is 0 Å². The van der Waals surface area contributed by atoms with Crippen LogP contribution in [0.25, 0.3) is 0 Å². The summed E-state index contributed by atoms with van der Waals surface area (Å²) in [5.74, 6) is 0.831. The molecule has 0 heterocycles. The van der Waals surface area contributed by atoms with Crippen molar-refractivity contribution in [2.24, 2.45) is 0 Å². The topological polar surface area (TPSA) is 54.3 Å². The van der Waals surface area contributed by atoms with E-state index >= 15 is 0 Å². The fourth-order valence-corrected chi connectivity index (χ4v) is 1.58. The molecule has 0 aliphatic heterocycles. The zero-order chi connectivity index (χ0) is 14.1. The van der Waals surface area contributed by atoms with Crippen LogP contribution in [0.2, 0.25) is 0 Å². The minimum Gasteiger partial charge on any atom is -0.493 e. The third kappa shape index (κ3) is 5.29. The van der Waals surface area contributed by atoms with Crippen molar-refractivity contribution in [3.8, 4) is 11.8 Å². The van der Waals surface area contributed by atoms with Gasteiger partial charge in [0.25, 0.3) is 0 Å². The predicted molar refractivity (Wildman–Crippen MR) is 75.2 cm³/mol. The lowest BCUT2D eigenvalue weighted by Crippen LogP contribution is -2.39. The molecule has 0 aromatic heterocycles. The first kappa shape index (κ1) is 15.5. The number of benzene rings is 1. The molecule has 0 fully saturated rings. The third-order valence-electron chi connectivity index (χ3n) is 3.19. The monoisotopic (exact) mass is 262 g/mol. The summed E-state index contributed by atoms with van der Waals surface area (Å²) in [4.78, 5) is 0. The van der Waals surface area contributed by atoms with Crippen LogP contribution in [0.3, 0.4) is 0 Å². The highest BCUT2D eigenvalue weighted by molar-refractivity contribution is 5.27. The Hall–Kier alpha value is -1.57. The van der Waals surface area contributed by atoms with Gasteiger partial charge in [0, 0.05) is 13.5 Å². The third-order valence-corrected chi connectivity index (χ3v) is 3.19. The second kappa shape index (κ2) is 7.78. The average molecular weight is 262 g/mol. The van der Waals surface area contributed by atoms with E-state index in [4.69, 9.17) is 14.7 Å². The van der Waals surface area contributed by atoms with Gasteiger partial charge in [-0.05, 0) is 38.1 Å². The number of hydrogen-bond acceptors (Lipinski definition) is 4. The molecule has 0 aliphatic carbocycles. The van der Waals surface area contributed by atoms with Crippen LogP contribution in [0, 0.1) is 11.3 Å². The van der Waals surface area contributed by atoms with E-state index in [0.29, 0.717) is 13.0 Å². The molecule has 1 aromatic rings. The zero-order valence-corrected chi connectivity index (χ0v) is 11.9. The first-order valence-electron chi connectivity index (χ1n) is 6.44. The number of rotatable bonds is 8. The second-order valence-electron chi connectivity index (χ2n) is 4.68. The Bertz CT molecular complexity index is 411. The van der Waals surface area contributed by atoms with Crippen LogP contribution in [-0.4, -0.2) is 32.9 Å². The molecule has 0 saturated heterocycles. The number of methoxy groups -OCH3 is 1. The molecule has 0 bridgehead atoms. The molecule has 1 aromatic carbocycles. The van der Waals surface area contributed by atoms with E-state index in [1.54, 1.807) is 14.2 Å². The van der Waals surface area contributed by atoms with Crippen molar-refractivity contribution in [1.82, 2.24) is 5.32 Å². The molecular formula is C15H22N2O2. The maximum Gasteiger partial charge on any atom is 0.119 e. The van der Waals surface area contributed by atoms with Crippen LogP contribution in [0.5, 0.6) is 5.75 Å². The van der Waals surface area contributed by atoms with Gasteiger partial charge in [-0.15, -0.1) is 0 Å². The Morgan fingerprint density at radius 2 is 1.95 bits per heavy atom. The van der Waals surface area contributed by atoms with Gasteiger partial charge in [0.05, 0.1) is 19.3 Å². The van der Waals surface area contributed by atoms with Crippen molar-refractivity contribution < 1.29 is 9.47 Å². The summed E-state index contributed by atoms with van der Waals surface area (Å²) in [5, 5.41) is 12.0. The molecule has 0 spiro atoms. The number of nitriles is 1. The smallest absolute Gasteiger partial charge is 0.119 e. The standard InChI is InChI=1S/C15H22N2O2/c1-15(12-16,17-2)9-11-19-14-6-4-13(5-7-14)8-10-18-3/h4-7,17H,8-11H2,1-3H3. The predicted octanol–water partition coefficient (Wildman–Crippen LogP) is 2.15. The molecule has 104 valence electrons. The first-order valence-corrected chi connectivity index (χ1v) is 6.44. The van der Waals surface area contributed by atoms with Gasteiger partial charge < -0.3 is 14.8 Å². The van der Waals surface area contributed by atoms with Crippen LogP contribution < -0.4 is 10.1 Å². The Balaban J connectivity index is 2.40. The van der Waals surface area contributed by atoms with Crippen molar-refractivity contribution in [3.63, 3.8) is 0 Å². The highest BCUT2D eigenvalue weighted by Crippen LogP contribution is 2.14. The highest BCUT2D eigenvalue weighted by atomic mass is 16.5. The van der Waals surface area contributed by atoms with E-state index in [-0.39, 0.29) is 0 Å². The van der Waals surface area contributed by atoms with Gasteiger partial charge in [0.15, 0.2) is 0 Å². The number of hydrogen-bond donors (Lipinski definition) is 1. The molecule has 1 N–H and O–H groups in total. The maximum absolute atomic E-state index is 9.02. The number of ether oxygens (including phenoxy) is 2. The van der Waals surface area contributed by atoms with Gasteiger partial charge in [-0.3, -0.25) is 0 Å². The molecule has 0 amide bonds. The second-order valence-corrected chi connectivity index (χ2v) is 4.68. The van der Waals surface area contributed by atoms with E-state index < -0.39 is 5.54 Å². The largest absolute Gasteiger partial charge is 0.493 e. The molecule has 0 radical (unpaired) electrons. The van der Waals surface area contributed by atoms with E-state index in [2.05, 4.69) is 11.4 Å². The normalized spacial score (nSPS) is 13.6. The fraction of sp³-hybridized carbons (Fsp3) is 0.533. The lowest BCUT2D eigenvalue weighted by molar-refractivity contribution is 0.202. The van der Waals surface area contributed by atoms with E-state index in [9.17, 15) is 0 Å². The zero-order valence-electron chi connectivity index (χ0n) is 11.9. The van der Waals surface area contributed by atoms with Gasteiger partial charge in [-0.25, -0.2) is 0 Å². The van der Waals surface area contributed by atoms with Crippen LogP contribution in [0.15, 0.2) is 24.3 Å². The lowest BCUT2D eigenvalue weighted by atomic mass is 10.0. The van der Waals surface area contributed by atoms with Crippen molar-refractivity contribution in [2.45, 2.75) is 25.3 Å². The first-order chi connectivity index (χ1) is 9.13. The fourth-order valence-electron chi connectivity index (χ4n) is 1.58. The minimum absolute atomic E-state index is 0.516. The highest BCUT2D eigenvalue weighted by Gasteiger charge is 2.20. The molecule has 4 nitrogen and oxygen atoms in total. The summed E-state index contributed by atoms with van der Waals surface area (Å²) in [6.07, 6.45) is 1.55. The maximum atomic E-state index is 9.02. The van der Waals surface area contributed by atoms with Gasteiger partial charge in [-0.1, -0.05) is 12.1 Å². The summed E-state index contributed by atoms with van der Waals surface area (Å²) in [6, 6.07) is 10.2. The average Bonchev–Trinajstić information content (AvgIpc) is 2.46. The molecule has 4 heteroatoms. The Kier molecular flexibility index (Phi) is 6.34. The molecule has 0 aliphatic rings. The Morgan fingerprint density at radius 1 is 1.26 bits per heavy atom. The molecule has 1 unspecified atom stereocenters. The summed E-state index contributed by atoms with van der Waals surface area (Å²) >= 11 is 0. The minimum atomic E-state index is -0.529. The van der Waals surface area contributed by atoms with Crippen LogP contribution in [0.4, 0.5) is 0 Å². The molecular weight excluding hydrogens is 240 g/mol. The number of nitrogens with zero attached hydrogens (tertiary/aromatic N) is 1. The van der Waals surface area contributed by atoms with E-state index in [1.807, 2.05) is 31.2 Å².